The van der Waals surface area contributed by atoms with Gasteiger partial charge in [0.25, 0.3) is 0 Å². The molecule has 20 heavy (non-hydrogen) atoms. The molecule has 1 saturated heterocycles. The van der Waals surface area contributed by atoms with Crippen molar-refractivity contribution < 1.29 is 14.3 Å². The van der Waals surface area contributed by atoms with Gasteiger partial charge in [-0.3, -0.25) is 9.69 Å². The normalized spacial score (nSPS) is 15.9. The van der Waals surface area contributed by atoms with Crippen LogP contribution < -0.4 is 0 Å². The molecule has 1 fully saturated rings. The molecule has 1 aliphatic heterocycles. The molecule has 1 amide bonds. The summed E-state index contributed by atoms with van der Waals surface area (Å²) in [6.45, 7) is 3.63. The van der Waals surface area contributed by atoms with E-state index in [0.717, 1.165) is 25.2 Å². The molecule has 108 valence electrons. The van der Waals surface area contributed by atoms with Gasteiger partial charge in [0, 0.05) is 44.7 Å². The lowest BCUT2D eigenvalue weighted by molar-refractivity contribution is 0.0843. The fourth-order valence-corrected chi connectivity index (χ4v) is 2.31. The van der Waals surface area contributed by atoms with Crippen LogP contribution in [0.4, 0.5) is 4.79 Å². The Balaban J connectivity index is 1.74. The number of hydrogen-bond acceptors (Lipinski definition) is 4. The lowest BCUT2D eigenvalue weighted by atomic mass is 10.1. The van der Waals surface area contributed by atoms with Crippen molar-refractivity contribution in [1.29, 1.82) is 0 Å². The average molecular weight is 276 g/mol. The van der Waals surface area contributed by atoms with E-state index in [1.165, 1.54) is 7.11 Å². The van der Waals surface area contributed by atoms with Crippen molar-refractivity contribution in [3.63, 3.8) is 0 Å². The Morgan fingerprint density at radius 1 is 1.10 bits per heavy atom. The quantitative estimate of drug-likeness (QED) is 0.785. The fraction of sp³-hybridized carbons (Fsp3) is 0.467. The van der Waals surface area contributed by atoms with E-state index >= 15 is 0 Å². The molecule has 1 aliphatic rings. The van der Waals surface area contributed by atoms with Crippen molar-refractivity contribution in [2.24, 2.45) is 0 Å². The van der Waals surface area contributed by atoms with Gasteiger partial charge in [-0.2, -0.15) is 0 Å². The zero-order valence-electron chi connectivity index (χ0n) is 11.7. The average Bonchev–Trinajstić information content (AvgIpc) is 2.53. The molecular weight excluding hydrogens is 256 g/mol. The van der Waals surface area contributed by atoms with Crippen LogP contribution in [0.1, 0.15) is 16.8 Å². The minimum Gasteiger partial charge on any atom is -0.453 e. The number of Topliss-reactive ketones (excluding diaryl/α,β-unsaturated/α-hetero) is 1. The lowest BCUT2D eigenvalue weighted by Crippen LogP contribution is -2.49. The SMILES string of the molecule is COC(=O)N1CCN(CCC(=O)c2ccccc2)CC1. The molecule has 1 aromatic rings. The third kappa shape index (κ3) is 3.81. The smallest absolute Gasteiger partial charge is 0.409 e. The van der Waals surface area contributed by atoms with Gasteiger partial charge < -0.3 is 9.64 Å². The molecule has 0 aromatic heterocycles. The van der Waals surface area contributed by atoms with Crippen LogP contribution in [0.5, 0.6) is 0 Å². The van der Waals surface area contributed by atoms with Crippen molar-refractivity contribution in [2.75, 3.05) is 39.8 Å². The topological polar surface area (TPSA) is 49.9 Å². The molecular formula is C15H20N2O3. The predicted molar refractivity (Wildman–Crippen MR) is 75.8 cm³/mol. The van der Waals surface area contributed by atoms with Crippen LogP contribution in [0, 0.1) is 0 Å². The molecule has 5 nitrogen and oxygen atoms in total. The molecule has 0 spiro atoms. The van der Waals surface area contributed by atoms with Crippen molar-refractivity contribution in [3.8, 4) is 0 Å². The second-order valence-electron chi connectivity index (χ2n) is 4.84. The van der Waals surface area contributed by atoms with Gasteiger partial charge in [0.1, 0.15) is 0 Å². The van der Waals surface area contributed by atoms with Crippen LogP contribution in [0.3, 0.4) is 0 Å². The lowest BCUT2D eigenvalue weighted by Gasteiger charge is -2.33. The summed E-state index contributed by atoms with van der Waals surface area (Å²) in [5.74, 6) is 0.168. The second kappa shape index (κ2) is 7.05. The van der Waals surface area contributed by atoms with Crippen LogP contribution in [0.15, 0.2) is 30.3 Å². The molecule has 0 saturated carbocycles. The molecule has 2 rings (SSSR count). The molecule has 0 bridgehead atoms. The third-order valence-corrected chi connectivity index (χ3v) is 3.56. The van der Waals surface area contributed by atoms with Gasteiger partial charge >= 0.3 is 6.09 Å². The predicted octanol–water partition coefficient (Wildman–Crippen LogP) is 1.64. The number of nitrogens with zero attached hydrogens (tertiary/aromatic N) is 2. The van der Waals surface area contributed by atoms with Crippen LogP contribution in [-0.4, -0.2) is 61.5 Å². The van der Waals surface area contributed by atoms with Gasteiger partial charge in [0.15, 0.2) is 5.78 Å². The molecule has 5 heteroatoms. The Hall–Kier alpha value is -1.88. The molecule has 1 heterocycles. The number of ketones is 1. The van der Waals surface area contributed by atoms with Gasteiger partial charge in [0.05, 0.1) is 7.11 Å². The van der Waals surface area contributed by atoms with Gasteiger partial charge in [-0.1, -0.05) is 30.3 Å². The summed E-state index contributed by atoms with van der Waals surface area (Å²) in [6.07, 6.45) is 0.243. The summed E-state index contributed by atoms with van der Waals surface area (Å²) >= 11 is 0. The number of amides is 1. The van der Waals surface area contributed by atoms with E-state index in [2.05, 4.69) is 4.90 Å². The highest BCUT2D eigenvalue weighted by Gasteiger charge is 2.21. The number of carbonyl (C=O) groups is 2. The van der Waals surface area contributed by atoms with Crippen molar-refractivity contribution >= 4 is 11.9 Å². The van der Waals surface area contributed by atoms with E-state index in [1.54, 1.807) is 4.90 Å². The maximum Gasteiger partial charge on any atom is 0.409 e. The summed E-state index contributed by atoms with van der Waals surface area (Å²) in [7, 11) is 1.40. The summed E-state index contributed by atoms with van der Waals surface area (Å²) in [5, 5.41) is 0. The minimum absolute atomic E-state index is 0.168. The van der Waals surface area contributed by atoms with Crippen LogP contribution in [0.2, 0.25) is 0 Å². The third-order valence-electron chi connectivity index (χ3n) is 3.56. The van der Waals surface area contributed by atoms with E-state index in [0.29, 0.717) is 19.5 Å². The molecule has 0 atom stereocenters. The standard InChI is InChI=1S/C15H20N2O3/c1-20-15(19)17-11-9-16(10-12-17)8-7-14(18)13-5-3-2-4-6-13/h2-6H,7-12H2,1H3. The number of benzene rings is 1. The highest BCUT2D eigenvalue weighted by molar-refractivity contribution is 5.96. The van der Waals surface area contributed by atoms with Crippen LogP contribution in [-0.2, 0) is 4.74 Å². The maximum atomic E-state index is 12.0. The minimum atomic E-state index is -0.273. The second-order valence-corrected chi connectivity index (χ2v) is 4.84. The summed E-state index contributed by atoms with van der Waals surface area (Å²) in [6, 6.07) is 9.35. The first kappa shape index (κ1) is 14.5. The van der Waals surface area contributed by atoms with Gasteiger partial charge in [-0.15, -0.1) is 0 Å². The highest BCUT2D eigenvalue weighted by atomic mass is 16.5. The highest BCUT2D eigenvalue weighted by Crippen LogP contribution is 2.07. The zero-order valence-corrected chi connectivity index (χ0v) is 11.7. The van der Waals surface area contributed by atoms with Gasteiger partial charge in [0.2, 0.25) is 0 Å². The van der Waals surface area contributed by atoms with Crippen molar-refractivity contribution in [1.82, 2.24) is 9.80 Å². The molecule has 0 aliphatic carbocycles. The Morgan fingerprint density at radius 3 is 2.35 bits per heavy atom. The first-order valence-electron chi connectivity index (χ1n) is 6.84. The molecule has 0 N–H and O–H groups in total. The molecule has 0 radical (unpaired) electrons. The summed E-state index contributed by atoms with van der Waals surface area (Å²) in [4.78, 5) is 27.2. The number of piperazine rings is 1. The fourth-order valence-electron chi connectivity index (χ4n) is 2.31. The van der Waals surface area contributed by atoms with Crippen molar-refractivity contribution in [3.05, 3.63) is 35.9 Å². The van der Waals surface area contributed by atoms with E-state index in [9.17, 15) is 9.59 Å². The molecule has 0 unspecified atom stereocenters. The largest absolute Gasteiger partial charge is 0.453 e. The Kier molecular flexibility index (Phi) is 5.12. The number of rotatable bonds is 4. The monoisotopic (exact) mass is 276 g/mol. The molecule has 1 aromatic carbocycles. The first-order valence-corrected chi connectivity index (χ1v) is 6.84. The van der Waals surface area contributed by atoms with Crippen molar-refractivity contribution in [2.45, 2.75) is 6.42 Å². The Labute approximate surface area is 119 Å². The van der Waals surface area contributed by atoms with E-state index in [4.69, 9.17) is 4.74 Å². The van der Waals surface area contributed by atoms with Gasteiger partial charge in [-0.25, -0.2) is 4.79 Å². The van der Waals surface area contributed by atoms with Gasteiger partial charge in [-0.05, 0) is 0 Å². The van der Waals surface area contributed by atoms with Crippen LogP contribution in [0.25, 0.3) is 0 Å². The Bertz CT molecular complexity index is 453. The van der Waals surface area contributed by atoms with Crippen LogP contribution >= 0.6 is 0 Å². The number of carbonyl (C=O) groups excluding carboxylic acids is 2. The number of methoxy groups -OCH3 is 1. The van der Waals surface area contributed by atoms with E-state index in [-0.39, 0.29) is 11.9 Å². The summed E-state index contributed by atoms with van der Waals surface area (Å²) in [5.41, 5.74) is 0.765. The Morgan fingerprint density at radius 2 is 1.75 bits per heavy atom. The summed E-state index contributed by atoms with van der Waals surface area (Å²) < 4.78 is 4.70. The first-order chi connectivity index (χ1) is 9.70. The maximum absolute atomic E-state index is 12.0. The van der Waals surface area contributed by atoms with E-state index in [1.807, 2.05) is 30.3 Å². The number of ether oxygens (including phenoxy) is 1. The number of hydrogen-bond donors (Lipinski definition) is 0. The zero-order chi connectivity index (χ0) is 14.4. The van der Waals surface area contributed by atoms with E-state index < -0.39 is 0 Å².